The minimum absolute atomic E-state index is 0.00230. The van der Waals surface area contributed by atoms with E-state index in [0.717, 1.165) is 6.42 Å². The van der Waals surface area contributed by atoms with Gasteiger partial charge in [0.2, 0.25) is 5.91 Å². The molecular weight excluding hydrogens is 304 g/mol. The van der Waals surface area contributed by atoms with Crippen LogP contribution < -0.4 is 5.32 Å². The average molecular weight is 326 g/mol. The maximum atomic E-state index is 12.1. The Morgan fingerprint density at radius 3 is 2.45 bits per heavy atom. The lowest BCUT2D eigenvalue weighted by Gasteiger charge is -2.24. The Balaban J connectivity index is 2.83. The monoisotopic (exact) mass is 326 g/mol. The molecular formula is C15H22N2O4S. The van der Waals surface area contributed by atoms with E-state index in [0.29, 0.717) is 11.1 Å². The summed E-state index contributed by atoms with van der Waals surface area (Å²) in [5.41, 5.74) is 0.737. The predicted octanol–water partition coefficient (Wildman–Crippen LogP) is 1.45. The predicted molar refractivity (Wildman–Crippen MR) is 85.0 cm³/mol. The molecule has 22 heavy (non-hydrogen) atoms. The Bertz CT molecular complexity index is 653. The Morgan fingerprint density at radius 2 is 1.95 bits per heavy atom. The third-order valence-corrected chi connectivity index (χ3v) is 4.35. The first-order valence-corrected chi connectivity index (χ1v) is 8.31. The van der Waals surface area contributed by atoms with Crippen molar-refractivity contribution >= 4 is 16.0 Å². The molecule has 1 atom stereocenters. The number of benzene rings is 1. The molecule has 0 aromatic heterocycles. The minimum atomic E-state index is -4.32. The van der Waals surface area contributed by atoms with Crippen LogP contribution in [-0.4, -0.2) is 43.9 Å². The van der Waals surface area contributed by atoms with Crippen molar-refractivity contribution < 1.29 is 17.8 Å². The van der Waals surface area contributed by atoms with Gasteiger partial charge in [-0.05, 0) is 32.1 Å². The van der Waals surface area contributed by atoms with Crippen molar-refractivity contribution in [2.75, 3.05) is 14.1 Å². The van der Waals surface area contributed by atoms with E-state index in [1.165, 1.54) is 18.2 Å². The Hall–Kier alpha value is -1.70. The van der Waals surface area contributed by atoms with Gasteiger partial charge >= 0.3 is 0 Å². The zero-order valence-corrected chi connectivity index (χ0v) is 13.9. The van der Waals surface area contributed by atoms with Crippen molar-refractivity contribution in [3.8, 4) is 0 Å². The van der Waals surface area contributed by atoms with Crippen LogP contribution >= 0.6 is 0 Å². The minimum Gasteiger partial charge on any atom is -0.348 e. The smallest absolute Gasteiger partial charge is 0.294 e. The van der Waals surface area contributed by atoms with Gasteiger partial charge in [0.05, 0.1) is 4.90 Å². The third-order valence-electron chi connectivity index (χ3n) is 3.39. The molecule has 0 fully saturated rings. The number of hydrogen-bond acceptors (Lipinski definition) is 4. The van der Waals surface area contributed by atoms with E-state index in [2.05, 4.69) is 11.9 Å². The summed E-state index contributed by atoms with van der Waals surface area (Å²) in [5.74, 6) is -0.342. The highest BCUT2D eigenvalue weighted by Gasteiger charge is 2.20. The zero-order valence-electron chi connectivity index (χ0n) is 13.0. The Morgan fingerprint density at radius 1 is 1.36 bits per heavy atom. The van der Waals surface area contributed by atoms with Gasteiger partial charge < -0.3 is 10.2 Å². The molecule has 0 radical (unpaired) electrons. The number of carbonyl (C=O) groups is 1. The van der Waals surface area contributed by atoms with Gasteiger partial charge in [-0.1, -0.05) is 31.7 Å². The Labute approximate surface area is 131 Å². The number of hydrogen-bond donors (Lipinski definition) is 2. The van der Waals surface area contributed by atoms with Gasteiger partial charge in [-0.15, -0.1) is 0 Å². The van der Waals surface area contributed by atoms with Crippen LogP contribution in [-0.2, 0) is 21.5 Å². The second-order valence-electron chi connectivity index (χ2n) is 5.18. The second-order valence-corrected chi connectivity index (χ2v) is 6.57. The fraction of sp³-hybridized carbons (Fsp3) is 0.400. The summed E-state index contributed by atoms with van der Waals surface area (Å²) in [6.45, 7) is 5.76. The van der Waals surface area contributed by atoms with Crippen molar-refractivity contribution in [1.29, 1.82) is 0 Å². The molecule has 2 N–H and O–H groups in total. The molecule has 0 aliphatic carbocycles. The van der Waals surface area contributed by atoms with Crippen molar-refractivity contribution in [3.05, 3.63) is 42.0 Å². The highest BCUT2D eigenvalue weighted by molar-refractivity contribution is 7.85. The molecule has 1 amide bonds. The first-order chi connectivity index (χ1) is 10.2. The molecule has 1 aromatic carbocycles. The summed E-state index contributed by atoms with van der Waals surface area (Å²) in [5, 5.41) is 2.64. The van der Waals surface area contributed by atoms with Crippen molar-refractivity contribution in [2.24, 2.45) is 0 Å². The number of likely N-dealkylation sites (N-methyl/N-ethyl adjacent to an activating group) is 1. The first kappa shape index (κ1) is 18.3. The number of nitrogens with zero attached hydrogens (tertiary/aromatic N) is 1. The molecule has 1 aromatic rings. The second kappa shape index (κ2) is 7.53. The molecule has 0 bridgehead atoms. The fourth-order valence-electron chi connectivity index (χ4n) is 2.27. The van der Waals surface area contributed by atoms with Gasteiger partial charge in [0.25, 0.3) is 10.1 Å². The number of amides is 1. The topological polar surface area (TPSA) is 86.7 Å². The van der Waals surface area contributed by atoms with Crippen LogP contribution in [0.15, 0.2) is 41.3 Å². The summed E-state index contributed by atoms with van der Waals surface area (Å²) < 4.78 is 31.8. The molecule has 0 aliphatic rings. The largest absolute Gasteiger partial charge is 0.348 e. The quantitative estimate of drug-likeness (QED) is 0.585. The van der Waals surface area contributed by atoms with Crippen LogP contribution in [0.5, 0.6) is 0 Å². The summed E-state index contributed by atoms with van der Waals surface area (Å²) in [6.07, 6.45) is 0.737. The van der Waals surface area contributed by atoms with Crippen LogP contribution in [0.1, 0.15) is 18.9 Å². The van der Waals surface area contributed by atoms with Crippen molar-refractivity contribution in [1.82, 2.24) is 10.2 Å². The van der Waals surface area contributed by atoms with E-state index >= 15 is 0 Å². The number of nitrogens with one attached hydrogen (secondary N) is 1. The van der Waals surface area contributed by atoms with Gasteiger partial charge in [0.15, 0.2) is 0 Å². The maximum Gasteiger partial charge on any atom is 0.294 e. The van der Waals surface area contributed by atoms with E-state index in [-0.39, 0.29) is 23.4 Å². The molecule has 1 unspecified atom stereocenters. The first-order valence-electron chi connectivity index (χ1n) is 6.87. The van der Waals surface area contributed by atoms with E-state index in [1.807, 2.05) is 25.9 Å². The van der Waals surface area contributed by atoms with Gasteiger partial charge in [0.1, 0.15) is 0 Å². The van der Waals surface area contributed by atoms with Crippen LogP contribution in [0.3, 0.4) is 0 Å². The summed E-state index contributed by atoms with van der Waals surface area (Å²) in [7, 11) is -0.595. The molecule has 0 saturated heterocycles. The van der Waals surface area contributed by atoms with Crippen LogP contribution in [0, 0.1) is 0 Å². The molecule has 6 nitrogen and oxygen atoms in total. The number of rotatable bonds is 7. The van der Waals surface area contributed by atoms with Gasteiger partial charge in [-0.25, -0.2) is 0 Å². The summed E-state index contributed by atoms with van der Waals surface area (Å²) >= 11 is 0. The van der Waals surface area contributed by atoms with E-state index in [1.54, 1.807) is 6.07 Å². The van der Waals surface area contributed by atoms with Gasteiger partial charge in [0, 0.05) is 18.2 Å². The molecule has 0 saturated carbocycles. The molecule has 0 spiro atoms. The van der Waals surface area contributed by atoms with Crippen molar-refractivity contribution in [3.63, 3.8) is 0 Å². The van der Waals surface area contributed by atoms with E-state index in [9.17, 15) is 17.8 Å². The highest BCUT2D eigenvalue weighted by atomic mass is 32.2. The molecule has 7 heteroatoms. The van der Waals surface area contributed by atoms with E-state index in [4.69, 9.17) is 0 Å². The van der Waals surface area contributed by atoms with Gasteiger partial charge in [-0.3, -0.25) is 9.35 Å². The molecule has 0 heterocycles. The third kappa shape index (κ3) is 4.66. The summed E-state index contributed by atoms with van der Waals surface area (Å²) in [4.78, 5) is 13.8. The molecule has 0 aliphatic heterocycles. The van der Waals surface area contributed by atoms with Crippen LogP contribution in [0.25, 0.3) is 0 Å². The highest BCUT2D eigenvalue weighted by Crippen LogP contribution is 2.15. The Kier molecular flexibility index (Phi) is 6.28. The molecule has 1 rings (SSSR count). The average Bonchev–Trinajstić information content (AvgIpc) is 2.44. The fourth-order valence-corrected chi connectivity index (χ4v) is 2.99. The van der Waals surface area contributed by atoms with Gasteiger partial charge in [-0.2, -0.15) is 8.42 Å². The molecule has 122 valence electrons. The van der Waals surface area contributed by atoms with E-state index < -0.39 is 10.1 Å². The van der Waals surface area contributed by atoms with Crippen molar-refractivity contribution in [2.45, 2.75) is 30.8 Å². The maximum absolute atomic E-state index is 12.1. The standard InChI is InChI=1S/C15H22N2O4S/c1-5-13(17(3)4)11(2)15(18)16-10-12-8-6-7-9-14(12)22(19,20)21/h6-9,13H,2,5,10H2,1,3-4H3,(H,16,18)(H,19,20,21). The van der Waals surface area contributed by atoms with Crippen LogP contribution in [0.4, 0.5) is 0 Å². The van der Waals surface area contributed by atoms with Crippen LogP contribution in [0.2, 0.25) is 0 Å². The lowest BCUT2D eigenvalue weighted by Crippen LogP contribution is -2.36. The lowest BCUT2D eigenvalue weighted by molar-refractivity contribution is -0.118. The summed E-state index contributed by atoms with van der Waals surface area (Å²) in [6, 6.07) is 5.89. The lowest BCUT2D eigenvalue weighted by atomic mass is 10.0. The zero-order chi connectivity index (χ0) is 16.9. The number of carbonyl (C=O) groups excluding carboxylic acids is 1. The normalized spacial score (nSPS) is 13.0. The SMILES string of the molecule is C=C(C(=O)NCc1ccccc1S(=O)(=O)O)C(CC)N(C)C.